The van der Waals surface area contributed by atoms with E-state index in [4.69, 9.17) is 11.2 Å². The molecule has 0 unspecified atom stereocenters. The number of aliphatic hydroxyl groups is 1. The molecule has 5 heteroatoms. The zero-order valence-corrected chi connectivity index (χ0v) is 17.1. The lowest BCUT2D eigenvalue weighted by Gasteiger charge is -2.52. The van der Waals surface area contributed by atoms with Gasteiger partial charge in [-0.15, -0.1) is 6.42 Å². The first-order valence-corrected chi connectivity index (χ1v) is 10.4. The van der Waals surface area contributed by atoms with Crippen molar-refractivity contribution in [2.75, 3.05) is 6.61 Å². The Bertz CT molecular complexity index is 884. The molecule has 1 N–H and O–H groups in total. The molecule has 154 valence electrons. The fourth-order valence-corrected chi connectivity index (χ4v) is 6.20. The Balaban J connectivity index is 1.52. The molecule has 0 spiro atoms. The van der Waals surface area contributed by atoms with Crippen molar-refractivity contribution in [2.24, 2.45) is 17.3 Å². The highest BCUT2D eigenvalue weighted by molar-refractivity contribution is 5.77. The minimum atomic E-state index is -0.983. The molecule has 5 atom stereocenters. The summed E-state index contributed by atoms with van der Waals surface area (Å²) in [5.74, 6) is 3.54. The smallest absolute Gasteiger partial charge is 0.349 e. The third-order valence-electron chi connectivity index (χ3n) is 7.71. The molecule has 2 saturated carbocycles. The maximum atomic E-state index is 11.8. The molecular formula is C24H28O5. The van der Waals surface area contributed by atoms with Gasteiger partial charge in [-0.05, 0) is 79.5 Å². The largest absolute Gasteiger partial charge is 0.454 e. The van der Waals surface area contributed by atoms with Crippen LogP contribution in [0.3, 0.4) is 0 Å². The lowest BCUT2D eigenvalue weighted by Crippen LogP contribution is -2.50. The van der Waals surface area contributed by atoms with Crippen LogP contribution in [0.1, 0.15) is 63.0 Å². The van der Waals surface area contributed by atoms with Gasteiger partial charge in [0.05, 0.1) is 0 Å². The highest BCUT2D eigenvalue weighted by Crippen LogP contribution is 2.64. The first-order chi connectivity index (χ1) is 13.8. The molecule has 3 aliphatic carbocycles. The molecule has 0 aliphatic heterocycles. The maximum Gasteiger partial charge on any atom is 0.349 e. The predicted molar refractivity (Wildman–Crippen MR) is 107 cm³/mol. The molecule has 0 radical (unpaired) electrons. The number of esters is 2. The average molecular weight is 396 g/mol. The summed E-state index contributed by atoms with van der Waals surface area (Å²) in [4.78, 5) is 22.7. The third kappa shape index (κ3) is 3.24. The summed E-state index contributed by atoms with van der Waals surface area (Å²) < 4.78 is 10.0. The Morgan fingerprint density at radius 3 is 2.79 bits per heavy atom. The normalized spacial score (nSPS) is 34.9. The van der Waals surface area contributed by atoms with Crippen LogP contribution in [0.5, 0.6) is 5.75 Å². The van der Waals surface area contributed by atoms with Crippen LogP contribution in [0.2, 0.25) is 0 Å². The van der Waals surface area contributed by atoms with Gasteiger partial charge in [0.2, 0.25) is 0 Å². The number of ether oxygens (including phenoxy) is 2. The van der Waals surface area contributed by atoms with Crippen LogP contribution in [0.15, 0.2) is 18.2 Å². The lowest BCUT2D eigenvalue weighted by molar-refractivity contribution is -0.152. The summed E-state index contributed by atoms with van der Waals surface area (Å²) in [7, 11) is 0. The average Bonchev–Trinajstić information content (AvgIpc) is 2.97. The van der Waals surface area contributed by atoms with Gasteiger partial charge in [-0.2, -0.15) is 0 Å². The first-order valence-electron chi connectivity index (χ1n) is 10.4. The molecular weight excluding hydrogens is 368 g/mol. The SMILES string of the molecule is C#C[C@]1(O)CC[C@H]2[C@@H]3CCc4cc(OC(=O)COC(C)=O)ccc4[C@H]3CC[C@@]21C. The fourth-order valence-electron chi connectivity index (χ4n) is 6.20. The zero-order valence-electron chi connectivity index (χ0n) is 17.1. The van der Waals surface area contributed by atoms with Crippen molar-refractivity contribution in [3.63, 3.8) is 0 Å². The van der Waals surface area contributed by atoms with Crippen molar-refractivity contribution in [2.45, 2.75) is 63.9 Å². The Kier molecular flexibility index (Phi) is 4.94. The van der Waals surface area contributed by atoms with Crippen LogP contribution in [0.4, 0.5) is 0 Å². The van der Waals surface area contributed by atoms with E-state index in [1.165, 1.54) is 18.1 Å². The van der Waals surface area contributed by atoms with E-state index < -0.39 is 17.5 Å². The van der Waals surface area contributed by atoms with Gasteiger partial charge >= 0.3 is 11.9 Å². The summed E-state index contributed by atoms with van der Waals surface area (Å²) in [5.41, 5.74) is 1.37. The molecule has 0 amide bonds. The van der Waals surface area contributed by atoms with E-state index in [9.17, 15) is 14.7 Å². The predicted octanol–water partition coefficient (Wildman–Crippen LogP) is 3.38. The van der Waals surface area contributed by atoms with Gasteiger partial charge in [0.25, 0.3) is 0 Å². The number of hydrogen-bond acceptors (Lipinski definition) is 5. The summed E-state index contributed by atoms with van der Waals surface area (Å²) in [6, 6.07) is 5.84. The second-order valence-corrected chi connectivity index (χ2v) is 9.03. The molecule has 2 fully saturated rings. The molecule has 3 aliphatic rings. The van der Waals surface area contributed by atoms with Crippen LogP contribution >= 0.6 is 0 Å². The van der Waals surface area contributed by atoms with Crippen molar-refractivity contribution in [3.8, 4) is 18.1 Å². The van der Waals surface area contributed by atoms with Gasteiger partial charge in [-0.3, -0.25) is 4.79 Å². The second kappa shape index (κ2) is 7.18. The summed E-state index contributed by atoms with van der Waals surface area (Å²) >= 11 is 0. The molecule has 4 rings (SSSR count). The van der Waals surface area contributed by atoms with Crippen molar-refractivity contribution in [3.05, 3.63) is 29.3 Å². The fraction of sp³-hybridized carbons (Fsp3) is 0.583. The van der Waals surface area contributed by atoms with Gasteiger partial charge in [-0.25, -0.2) is 4.79 Å². The van der Waals surface area contributed by atoms with Crippen molar-refractivity contribution in [1.82, 2.24) is 0 Å². The van der Waals surface area contributed by atoms with Gasteiger partial charge in [0.15, 0.2) is 6.61 Å². The number of fused-ring (bicyclic) bond motifs is 5. The highest BCUT2D eigenvalue weighted by atomic mass is 16.6. The molecule has 0 bridgehead atoms. The molecule has 5 nitrogen and oxygen atoms in total. The van der Waals surface area contributed by atoms with Crippen molar-refractivity contribution in [1.29, 1.82) is 0 Å². The molecule has 1 aromatic carbocycles. The topological polar surface area (TPSA) is 72.8 Å². The number of carbonyl (C=O) groups is 2. The lowest BCUT2D eigenvalue weighted by atomic mass is 9.53. The molecule has 0 saturated heterocycles. The van der Waals surface area contributed by atoms with E-state index in [1.807, 2.05) is 12.1 Å². The number of hydrogen-bond donors (Lipinski definition) is 1. The summed E-state index contributed by atoms with van der Waals surface area (Å²) in [6.07, 6.45) is 11.3. The highest BCUT2D eigenvalue weighted by Gasteiger charge is 2.61. The number of terminal acetylenes is 1. The Hall–Kier alpha value is -2.32. The van der Waals surface area contributed by atoms with Gasteiger partial charge < -0.3 is 14.6 Å². The Morgan fingerprint density at radius 2 is 2.07 bits per heavy atom. The van der Waals surface area contributed by atoms with Crippen molar-refractivity contribution >= 4 is 11.9 Å². The summed E-state index contributed by atoms with van der Waals surface area (Å²) in [6.45, 7) is 3.06. The zero-order chi connectivity index (χ0) is 20.8. The quantitative estimate of drug-likeness (QED) is 0.482. The summed E-state index contributed by atoms with van der Waals surface area (Å²) in [5, 5.41) is 11.0. The number of benzene rings is 1. The number of carbonyl (C=O) groups excluding carboxylic acids is 2. The van der Waals surface area contributed by atoms with E-state index in [0.29, 0.717) is 29.9 Å². The number of aryl methyl sites for hydroxylation is 1. The van der Waals surface area contributed by atoms with Crippen LogP contribution in [-0.4, -0.2) is 29.3 Å². The number of rotatable bonds is 3. The second-order valence-electron chi connectivity index (χ2n) is 9.03. The van der Waals surface area contributed by atoms with Crippen LogP contribution in [0.25, 0.3) is 0 Å². The van der Waals surface area contributed by atoms with E-state index in [0.717, 1.165) is 32.1 Å². The molecule has 29 heavy (non-hydrogen) atoms. The van der Waals surface area contributed by atoms with E-state index >= 15 is 0 Å². The Morgan fingerprint density at radius 1 is 1.28 bits per heavy atom. The molecule has 0 aromatic heterocycles. The monoisotopic (exact) mass is 396 g/mol. The van der Waals surface area contributed by atoms with E-state index in [2.05, 4.69) is 23.6 Å². The van der Waals surface area contributed by atoms with Crippen molar-refractivity contribution < 1.29 is 24.2 Å². The minimum absolute atomic E-state index is 0.202. The van der Waals surface area contributed by atoms with E-state index in [1.54, 1.807) is 0 Å². The van der Waals surface area contributed by atoms with E-state index in [-0.39, 0.29) is 12.0 Å². The van der Waals surface area contributed by atoms with Crippen LogP contribution in [-0.2, 0) is 20.7 Å². The standard InChI is InChI=1S/C24H28O5/c1-4-24(27)12-10-21-20-7-5-16-13-17(29-22(26)14-28-15(2)25)6-8-18(16)19(20)9-11-23(21,24)3/h1,6,8,13,19-21,27H,5,7,9-12,14H2,2-3H3/t19-,20-,21+,23+,24+/m1/s1. The molecule has 1 aromatic rings. The first kappa shape index (κ1) is 20.0. The maximum absolute atomic E-state index is 11.8. The Labute approximate surface area is 171 Å². The molecule has 0 heterocycles. The van der Waals surface area contributed by atoms with Gasteiger partial charge in [0.1, 0.15) is 11.4 Å². The van der Waals surface area contributed by atoms with Crippen LogP contribution < -0.4 is 4.74 Å². The van der Waals surface area contributed by atoms with Gasteiger partial charge in [0, 0.05) is 12.3 Å². The minimum Gasteiger partial charge on any atom is -0.454 e. The van der Waals surface area contributed by atoms with Gasteiger partial charge in [-0.1, -0.05) is 18.9 Å². The third-order valence-corrected chi connectivity index (χ3v) is 7.71. The van der Waals surface area contributed by atoms with Crippen LogP contribution in [0, 0.1) is 29.6 Å².